The number of rotatable bonds is 10. The summed E-state index contributed by atoms with van der Waals surface area (Å²) in [5.41, 5.74) is 5.43. The van der Waals surface area contributed by atoms with Crippen molar-refractivity contribution in [1.82, 2.24) is 19.6 Å². The van der Waals surface area contributed by atoms with Crippen LogP contribution < -0.4 is 14.8 Å². The number of nitrogens with one attached hydrogen (secondary N) is 1. The Balaban J connectivity index is 1.37. The number of halogens is 1. The third-order valence-corrected chi connectivity index (χ3v) is 13.8. The minimum absolute atomic E-state index is 0.273. The van der Waals surface area contributed by atoms with Crippen molar-refractivity contribution in [2.45, 2.75) is 64.5 Å². The SMILES string of the molecule is COc1ccc(COc2ccc(F)cc2C(C)Nc2ccc3ncc(-c4ccnc(C[Si](C)(C)C(C)(C)C)c4)n3n2)cc1. The van der Waals surface area contributed by atoms with E-state index in [9.17, 15) is 4.39 Å². The molecule has 3 heterocycles. The molecule has 0 aliphatic heterocycles. The van der Waals surface area contributed by atoms with Gasteiger partial charge in [-0.05, 0) is 78.2 Å². The van der Waals surface area contributed by atoms with Crippen LogP contribution in [0.25, 0.3) is 16.9 Å². The molecular weight excluding hydrogens is 557 g/mol. The summed E-state index contributed by atoms with van der Waals surface area (Å²) in [6.07, 6.45) is 3.72. The minimum Gasteiger partial charge on any atom is -0.497 e. The van der Waals surface area contributed by atoms with Crippen LogP contribution in [0.5, 0.6) is 11.5 Å². The van der Waals surface area contributed by atoms with E-state index in [0.717, 1.165) is 40.0 Å². The van der Waals surface area contributed by atoms with Crippen LogP contribution in [0.3, 0.4) is 0 Å². The highest BCUT2D eigenvalue weighted by molar-refractivity contribution is 6.79. The van der Waals surface area contributed by atoms with Gasteiger partial charge < -0.3 is 14.8 Å². The van der Waals surface area contributed by atoms with Crippen LogP contribution in [0, 0.1) is 5.82 Å². The van der Waals surface area contributed by atoms with Crippen LogP contribution in [0.4, 0.5) is 10.2 Å². The Morgan fingerprint density at radius 1 is 0.977 bits per heavy atom. The standard InChI is InChI=1S/C34H40FN5O2Si/c1-23(29-19-26(35)10-13-31(29)42-21-24-8-11-28(41-5)12-9-24)38-32-14-15-33-37-20-30(40(33)39-32)25-16-17-36-27(18-25)22-43(6,7)34(2,3)4/h8-20,23H,21-22H2,1-7H3,(H,38,39). The first-order valence-corrected chi connectivity index (χ1v) is 17.8. The Morgan fingerprint density at radius 2 is 1.74 bits per heavy atom. The Hall–Kier alpha value is -4.24. The number of methoxy groups -OCH3 is 1. The quantitative estimate of drug-likeness (QED) is 0.163. The molecule has 5 aromatic rings. The first kappa shape index (κ1) is 30.2. The third kappa shape index (κ3) is 6.88. The molecular formula is C34H40FN5O2Si. The first-order chi connectivity index (χ1) is 20.4. The van der Waals surface area contributed by atoms with Gasteiger partial charge >= 0.3 is 0 Å². The average Bonchev–Trinajstić information content (AvgIpc) is 3.39. The summed E-state index contributed by atoms with van der Waals surface area (Å²) < 4.78 is 27.6. The summed E-state index contributed by atoms with van der Waals surface area (Å²) in [4.78, 5) is 9.29. The Labute approximate surface area is 254 Å². The molecule has 0 amide bonds. The second-order valence-electron chi connectivity index (χ2n) is 12.7. The second kappa shape index (κ2) is 12.2. The fraction of sp³-hybridized carbons (Fsp3) is 0.324. The second-order valence-corrected chi connectivity index (χ2v) is 18.3. The average molecular weight is 598 g/mol. The molecule has 5 rings (SSSR count). The lowest BCUT2D eigenvalue weighted by Crippen LogP contribution is -2.40. The van der Waals surface area contributed by atoms with E-state index >= 15 is 0 Å². The highest BCUT2D eigenvalue weighted by atomic mass is 28.3. The van der Waals surface area contributed by atoms with E-state index in [0.29, 0.717) is 23.7 Å². The number of benzene rings is 2. The van der Waals surface area contributed by atoms with E-state index in [1.54, 1.807) is 13.2 Å². The highest BCUT2D eigenvalue weighted by Crippen LogP contribution is 2.38. The summed E-state index contributed by atoms with van der Waals surface area (Å²) >= 11 is 0. The zero-order chi connectivity index (χ0) is 30.8. The van der Waals surface area contributed by atoms with Crippen molar-refractivity contribution in [3.63, 3.8) is 0 Å². The largest absolute Gasteiger partial charge is 0.497 e. The van der Waals surface area contributed by atoms with Gasteiger partial charge in [-0.2, -0.15) is 0 Å². The van der Waals surface area contributed by atoms with Crippen LogP contribution >= 0.6 is 0 Å². The van der Waals surface area contributed by atoms with Crippen molar-refractivity contribution < 1.29 is 13.9 Å². The predicted molar refractivity (Wildman–Crippen MR) is 173 cm³/mol. The molecule has 0 aliphatic rings. The van der Waals surface area contributed by atoms with Gasteiger partial charge in [0.1, 0.15) is 29.7 Å². The zero-order valence-electron chi connectivity index (χ0n) is 26.0. The number of aromatic nitrogens is 4. The summed E-state index contributed by atoms with van der Waals surface area (Å²) in [5, 5.41) is 8.57. The van der Waals surface area contributed by atoms with Crippen LogP contribution in [0.15, 0.2) is 79.1 Å². The monoisotopic (exact) mass is 597 g/mol. The van der Waals surface area contributed by atoms with E-state index in [1.807, 2.05) is 66.3 Å². The maximum Gasteiger partial charge on any atom is 0.154 e. The van der Waals surface area contributed by atoms with Gasteiger partial charge in [0, 0.05) is 23.0 Å². The summed E-state index contributed by atoms with van der Waals surface area (Å²) in [7, 11) is 0.0781. The lowest BCUT2D eigenvalue weighted by molar-refractivity contribution is 0.301. The number of imidazole rings is 1. The molecule has 7 nitrogen and oxygen atoms in total. The number of fused-ring (bicyclic) bond motifs is 1. The van der Waals surface area contributed by atoms with E-state index in [-0.39, 0.29) is 16.9 Å². The highest BCUT2D eigenvalue weighted by Gasteiger charge is 2.35. The van der Waals surface area contributed by atoms with Gasteiger partial charge in [-0.25, -0.2) is 13.9 Å². The lowest BCUT2D eigenvalue weighted by Gasteiger charge is -2.36. The van der Waals surface area contributed by atoms with E-state index in [1.165, 1.54) is 12.1 Å². The van der Waals surface area contributed by atoms with Crippen molar-refractivity contribution in [3.8, 4) is 22.8 Å². The third-order valence-electron chi connectivity index (χ3n) is 8.48. The van der Waals surface area contributed by atoms with Crippen molar-refractivity contribution in [1.29, 1.82) is 0 Å². The van der Waals surface area contributed by atoms with Gasteiger partial charge in [0.25, 0.3) is 0 Å². The first-order valence-electron chi connectivity index (χ1n) is 14.6. The molecule has 1 atom stereocenters. The Bertz CT molecular complexity index is 1710. The number of ether oxygens (including phenoxy) is 2. The van der Waals surface area contributed by atoms with E-state index in [4.69, 9.17) is 19.6 Å². The van der Waals surface area contributed by atoms with Crippen LogP contribution in [-0.2, 0) is 12.7 Å². The topological polar surface area (TPSA) is 73.6 Å². The maximum atomic E-state index is 14.4. The van der Waals surface area contributed by atoms with Crippen molar-refractivity contribution in [2.24, 2.45) is 0 Å². The van der Waals surface area contributed by atoms with Gasteiger partial charge in [-0.3, -0.25) is 4.98 Å². The fourth-order valence-electron chi connectivity index (χ4n) is 4.77. The van der Waals surface area contributed by atoms with Gasteiger partial charge in [0.2, 0.25) is 0 Å². The maximum absolute atomic E-state index is 14.4. The summed E-state index contributed by atoms with van der Waals surface area (Å²) in [6, 6.07) is 21.0. The number of pyridine rings is 1. The molecule has 0 saturated heterocycles. The molecule has 0 fully saturated rings. The molecule has 2 aromatic carbocycles. The summed E-state index contributed by atoms with van der Waals surface area (Å²) in [5.74, 6) is 1.70. The van der Waals surface area contributed by atoms with Crippen molar-refractivity contribution in [2.75, 3.05) is 12.4 Å². The van der Waals surface area contributed by atoms with Gasteiger partial charge in [0.05, 0.1) is 33.1 Å². The van der Waals surface area contributed by atoms with Crippen LogP contribution in [-0.4, -0.2) is 34.8 Å². The van der Waals surface area contributed by atoms with Crippen molar-refractivity contribution in [3.05, 3.63) is 102 Å². The lowest BCUT2D eigenvalue weighted by atomic mass is 10.1. The Morgan fingerprint density at radius 3 is 2.47 bits per heavy atom. The molecule has 1 unspecified atom stereocenters. The van der Waals surface area contributed by atoms with E-state index in [2.05, 4.69) is 50.2 Å². The molecule has 0 bridgehead atoms. The Kier molecular flexibility index (Phi) is 8.55. The molecule has 224 valence electrons. The summed E-state index contributed by atoms with van der Waals surface area (Å²) in [6.45, 7) is 14.1. The number of hydrogen-bond donors (Lipinski definition) is 1. The fourth-order valence-corrected chi connectivity index (χ4v) is 6.40. The number of anilines is 1. The zero-order valence-corrected chi connectivity index (χ0v) is 27.0. The minimum atomic E-state index is -1.56. The smallest absolute Gasteiger partial charge is 0.154 e. The predicted octanol–water partition coefficient (Wildman–Crippen LogP) is 8.28. The molecule has 9 heteroatoms. The van der Waals surface area contributed by atoms with Crippen LogP contribution in [0.1, 0.15) is 50.6 Å². The molecule has 0 radical (unpaired) electrons. The normalized spacial score (nSPS) is 12.7. The van der Waals surface area contributed by atoms with Crippen LogP contribution in [0.2, 0.25) is 18.1 Å². The molecule has 1 N–H and O–H groups in total. The molecule has 3 aromatic heterocycles. The van der Waals surface area contributed by atoms with Crippen molar-refractivity contribution >= 4 is 19.5 Å². The van der Waals surface area contributed by atoms with E-state index < -0.39 is 8.07 Å². The number of hydrogen-bond acceptors (Lipinski definition) is 6. The van der Waals surface area contributed by atoms with Gasteiger partial charge in [-0.1, -0.05) is 46.0 Å². The molecule has 0 spiro atoms. The molecule has 43 heavy (non-hydrogen) atoms. The molecule has 0 aliphatic carbocycles. The number of nitrogens with zero attached hydrogens (tertiary/aromatic N) is 4. The molecule has 0 saturated carbocycles. The van der Waals surface area contributed by atoms with Gasteiger partial charge in [0.15, 0.2) is 5.65 Å². The van der Waals surface area contributed by atoms with Gasteiger partial charge in [-0.15, -0.1) is 5.10 Å².